The van der Waals surface area contributed by atoms with Gasteiger partial charge in [-0.3, -0.25) is 4.79 Å². The van der Waals surface area contributed by atoms with Gasteiger partial charge in [-0.2, -0.15) is 5.26 Å². The minimum atomic E-state index is -0.431. The van der Waals surface area contributed by atoms with Crippen LogP contribution >= 0.6 is 0 Å². The number of benzene rings is 1. The third kappa shape index (κ3) is 3.39. The van der Waals surface area contributed by atoms with Crippen molar-refractivity contribution in [3.63, 3.8) is 0 Å². The lowest BCUT2D eigenvalue weighted by Crippen LogP contribution is -2.14. The van der Waals surface area contributed by atoms with Crippen molar-refractivity contribution >= 4 is 0 Å². The molecule has 1 saturated carbocycles. The number of H-pyrrole nitrogens is 1. The second-order valence-electron chi connectivity index (χ2n) is 6.20. The standard InChI is InChI=1S/C19H19FN2O2/c1-12-8-17(18(10-21)19(23)22-12)16-7-6-14(20)9-13(16)11-24-15-4-2-3-5-15/h6-9,15H,2-5,11H2,1H3,(H,22,23). The number of halogens is 1. The third-order valence-corrected chi connectivity index (χ3v) is 4.41. The molecule has 0 amide bonds. The van der Waals surface area contributed by atoms with Crippen LogP contribution in [0.15, 0.2) is 29.1 Å². The maximum absolute atomic E-state index is 13.7. The number of ether oxygens (including phenoxy) is 1. The molecule has 1 aromatic heterocycles. The summed E-state index contributed by atoms with van der Waals surface area (Å²) in [5.74, 6) is -0.358. The Labute approximate surface area is 139 Å². The number of aryl methyl sites for hydroxylation is 1. The van der Waals surface area contributed by atoms with E-state index in [9.17, 15) is 14.4 Å². The minimum absolute atomic E-state index is 0.0364. The van der Waals surface area contributed by atoms with E-state index in [0.29, 0.717) is 22.4 Å². The summed E-state index contributed by atoms with van der Waals surface area (Å²) < 4.78 is 19.6. The zero-order chi connectivity index (χ0) is 17.1. The molecule has 1 fully saturated rings. The van der Waals surface area contributed by atoms with Crippen molar-refractivity contribution < 1.29 is 9.13 Å². The molecule has 124 valence electrons. The molecule has 0 aliphatic heterocycles. The average Bonchev–Trinajstić information content (AvgIpc) is 3.06. The van der Waals surface area contributed by atoms with E-state index in [-0.39, 0.29) is 24.1 Å². The van der Waals surface area contributed by atoms with Gasteiger partial charge in [0.15, 0.2) is 0 Å². The zero-order valence-electron chi connectivity index (χ0n) is 13.6. The second-order valence-corrected chi connectivity index (χ2v) is 6.20. The molecule has 4 nitrogen and oxygen atoms in total. The number of hydrogen-bond donors (Lipinski definition) is 1. The maximum atomic E-state index is 13.7. The highest BCUT2D eigenvalue weighted by Crippen LogP contribution is 2.29. The molecule has 24 heavy (non-hydrogen) atoms. The van der Waals surface area contributed by atoms with E-state index in [1.165, 1.54) is 12.1 Å². The molecule has 1 N–H and O–H groups in total. The topological polar surface area (TPSA) is 65.9 Å². The SMILES string of the molecule is Cc1cc(-c2ccc(F)cc2COC2CCCC2)c(C#N)c(=O)[nH]1. The molecule has 2 aromatic rings. The molecule has 3 rings (SSSR count). The van der Waals surface area contributed by atoms with E-state index in [0.717, 1.165) is 25.7 Å². The monoisotopic (exact) mass is 326 g/mol. The van der Waals surface area contributed by atoms with Gasteiger partial charge in [0.25, 0.3) is 5.56 Å². The summed E-state index contributed by atoms with van der Waals surface area (Å²) >= 11 is 0. The first-order valence-electron chi connectivity index (χ1n) is 8.13. The van der Waals surface area contributed by atoms with Gasteiger partial charge < -0.3 is 9.72 Å². The summed E-state index contributed by atoms with van der Waals surface area (Å²) in [5, 5.41) is 9.32. The normalized spacial score (nSPS) is 14.7. The van der Waals surface area contributed by atoms with Crippen molar-refractivity contribution in [2.24, 2.45) is 0 Å². The number of hydrogen-bond acceptors (Lipinski definition) is 3. The van der Waals surface area contributed by atoms with Gasteiger partial charge in [0.2, 0.25) is 0 Å². The van der Waals surface area contributed by atoms with Crippen molar-refractivity contribution in [1.29, 1.82) is 5.26 Å². The second kappa shape index (κ2) is 6.98. The van der Waals surface area contributed by atoms with Gasteiger partial charge in [-0.05, 0) is 49.1 Å². The average molecular weight is 326 g/mol. The van der Waals surface area contributed by atoms with E-state index >= 15 is 0 Å². The molecule has 5 heteroatoms. The molecular formula is C19H19FN2O2. The zero-order valence-corrected chi connectivity index (χ0v) is 13.6. The molecule has 1 heterocycles. The highest BCUT2D eigenvalue weighted by atomic mass is 19.1. The first-order valence-corrected chi connectivity index (χ1v) is 8.13. The highest BCUT2D eigenvalue weighted by molar-refractivity contribution is 5.73. The Hall–Kier alpha value is -2.45. The molecule has 0 atom stereocenters. The van der Waals surface area contributed by atoms with Crippen LogP contribution in [0.25, 0.3) is 11.1 Å². The summed E-state index contributed by atoms with van der Waals surface area (Å²) in [6, 6.07) is 8.06. The van der Waals surface area contributed by atoms with Gasteiger partial charge in [-0.25, -0.2) is 4.39 Å². The number of nitrogens with zero attached hydrogens (tertiary/aromatic N) is 1. The largest absolute Gasteiger partial charge is 0.374 e. The Bertz CT molecular complexity index is 845. The van der Waals surface area contributed by atoms with E-state index < -0.39 is 5.56 Å². The number of rotatable bonds is 4. The Morgan fingerprint density at radius 1 is 1.29 bits per heavy atom. The first kappa shape index (κ1) is 16.4. The fraction of sp³-hybridized carbons (Fsp3) is 0.368. The Morgan fingerprint density at radius 2 is 2.04 bits per heavy atom. The number of pyridine rings is 1. The lowest BCUT2D eigenvalue weighted by molar-refractivity contribution is 0.0458. The first-order chi connectivity index (χ1) is 11.6. The summed E-state index contributed by atoms with van der Waals surface area (Å²) in [4.78, 5) is 14.7. The Morgan fingerprint density at radius 3 is 2.75 bits per heavy atom. The molecule has 0 spiro atoms. The van der Waals surface area contributed by atoms with E-state index in [1.807, 2.05) is 6.07 Å². The molecule has 0 radical (unpaired) electrons. The summed E-state index contributed by atoms with van der Waals surface area (Å²) in [5.41, 5.74) is 2.10. The predicted octanol–water partition coefficient (Wildman–Crippen LogP) is 3.82. The summed E-state index contributed by atoms with van der Waals surface area (Å²) in [7, 11) is 0. The number of nitrogens with one attached hydrogen (secondary N) is 1. The van der Waals surface area contributed by atoms with Crippen molar-refractivity contribution in [2.75, 3.05) is 0 Å². The van der Waals surface area contributed by atoms with Gasteiger partial charge >= 0.3 is 0 Å². The number of nitriles is 1. The lowest BCUT2D eigenvalue weighted by Gasteiger charge is -2.15. The summed E-state index contributed by atoms with van der Waals surface area (Å²) in [6.45, 7) is 2.03. The molecule has 0 unspecified atom stereocenters. The van der Waals surface area contributed by atoms with Crippen molar-refractivity contribution in [3.8, 4) is 17.2 Å². The minimum Gasteiger partial charge on any atom is -0.374 e. The molecule has 0 saturated heterocycles. The molecule has 1 aromatic carbocycles. The summed E-state index contributed by atoms with van der Waals surface area (Å²) in [6.07, 6.45) is 4.58. The van der Waals surface area contributed by atoms with Crippen molar-refractivity contribution in [2.45, 2.75) is 45.3 Å². The number of aromatic nitrogens is 1. The molecule has 1 aliphatic carbocycles. The highest BCUT2D eigenvalue weighted by Gasteiger charge is 2.18. The predicted molar refractivity (Wildman–Crippen MR) is 89.0 cm³/mol. The van der Waals surface area contributed by atoms with Crippen LogP contribution in [0.5, 0.6) is 0 Å². The fourth-order valence-corrected chi connectivity index (χ4v) is 3.22. The quantitative estimate of drug-likeness (QED) is 0.929. The van der Waals surface area contributed by atoms with E-state index in [1.54, 1.807) is 19.1 Å². The van der Waals surface area contributed by atoms with Crippen LogP contribution in [-0.4, -0.2) is 11.1 Å². The van der Waals surface area contributed by atoms with Crippen LogP contribution < -0.4 is 5.56 Å². The van der Waals surface area contributed by atoms with Crippen LogP contribution in [0.4, 0.5) is 4.39 Å². The smallest absolute Gasteiger partial charge is 0.266 e. The van der Waals surface area contributed by atoms with Crippen LogP contribution in [0.1, 0.15) is 42.5 Å². The maximum Gasteiger partial charge on any atom is 0.266 e. The van der Waals surface area contributed by atoms with Crippen LogP contribution in [-0.2, 0) is 11.3 Å². The molecule has 1 aliphatic rings. The van der Waals surface area contributed by atoms with Crippen molar-refractivity contribution in [1.82, 2.24) is 4.98 Å². The van der Waals surface area contributed by atoms with Gasteiger partial charge in [0.05, 0.1) is 12.7 Å². The van der Waals surface area contributed by atoms with Gasteiger partial charge in [0, 0.05) is 11.3 Å². The lowest BCUT2D eigenvalue weighted by atomic mass is 9.96. The van der Waals surface area contributed by atoms with Crippen LogP contribution in [0.2, 0.25) is 0 Å². The van der Waals surface area contributed by atoms with Crippen molar-refractivity contribution in [3.05, 3.63) is 57.3 Å². The van der Waals surface area contributed by atoms with Crippen LogP contribution in [0.3, 0.4) is 0 Å². The fourth-order valence-electron chi connectivity index (χ4n) is 3.22. The van der Waals surface area contributed by atoms with Gasteiger partial charge in [-0.15, -0.1) is 0 Å². The van der Waals surface area contributed by atoms with E-state index in [4.69, 9.17) is 4.74 Å². The van der Waals surface area contributed by atoms with Gasteiger partial charge in [0.1, 0.15) is 17.4 Å². The molecule has 0 bridgehead atoms. The van der Waals surface area contributed by atoms with Crippen LogP contribution in [0, 0.1) is 24.1 Å². The number of aromatic amines is 1. The third-order valence-electron chi connectivity index (χ3n) is 4.41. The molecular weight excluding hydrogens is 307 g/mol. The Kier molecular flexibility index (Phi) is 4.77. The Balaban J connectivity index is 2.02. The van der Waals surface area contributed by atoms with E-state index in [2.05, 4.69) is 4.98 Å². The van der Waals surface area contributed by atoms with Gasteiger partial charge in [-0.1, -0.05) is 18.9 Å².